The second-order valence-corrected chi connectivity index (χ2v) is 13.8. The molecule has 1 N–H and O–H groups in total. The van der Waals surface area contributed by atoms with Gasteiger partial charge in [-0.2, -0.15) is 0 Å². The number of amides is 2. The van der Waals surface area contributed by atoms with Crippen molar-refractivity contribution < 1.29 is 18.0 Å². The van der Waals surface area contributed by atoms with E-state index in [0.717, 1.165) is 43.9 Å². The van der Waals surface area contributed by atoms with Crippen LogP contribution < -0.4 is 9.62 Å². The van der Waals surface area contributed by atoms with Crippen molar-refractivity contribution in [2.24, 2.45) is 0 Å². The summed E-state index contributed by atoms with van der Waals surface area (Å²) in [6.45, 7) is 0.161. The number of anilines is 1. The summed E-state index contributed by atoms with van der Waals surface area (Å²) in [6, 6.07) is 22.8. The van der Waals surface area contributed by atoms with E-state index >= 15 is 0 Å². The third kappa shape index (κ3) is 9.46. The van der Waals surface area contributed by atoms with Crippen LogP contribution in [0.2, 0.25) is 10.0 Å². The summed E-state index contributed by atoms with van der Waals surface area (Å²) in [5.41, 5.74) is 2.01. The highest BCUT2D eigenvalue weighted by molar-refractivity contribution is 7.92. The van der Waals surface area contributed by atoms with Crippen molar-refractivity contribution in [2.45, 2.75) is 70.0 Å². The molecule has 1 atom stereocenters. The summed E-state index contributed by atoms with van der Waals surface area (Å²) in [4.78, 5) is 29.6. The fraction of sp³-hybridized carbons (Fsp3) is 0.394. The van der Waals surface area contributed by atoms with Crippen LogP contribution in [0, 0.1) is 0 Å². The zero-order chi connectivity index (χ0) is 30.8. The van der Waals surface area contributed by atoms with E-state index in [1.807, 2.05) is 36.4 Å². The highest BCUT2D eigenvalue weighted by Crippen LogP contribution is 2.28. The predicted molar refractivity (Wildman–Crippen MR) is 174 cm³/mol. The largest absolute Gasteiger partial charge is 0.352 e. The van der Waals surface area contributed by atoms with E-state index in [2.05, 4.69) is 5.32 Å². The molecule has 4 rings (SSSR count). The van der Waals surface area contributed by atoms with Gasteiger partial charge in [0.05, 0.1) is 11.9 Å². The second kappa shape index (κ2) is 15.6. The summed E-state index contributed by atoms with van der Waals surface area (Å²) >= 11 is 13.1. The van der Waals surface area contributed by atoms with Gasteiger partial charge in [-0.15, -0.1) is 0 Å². The first-order valence-corrected chi connectivity index (χ1v) is 17.3. The molecule has 0 aromatic heterocycles. The molecular weight excluding hydrogens is 605 g/mol. The fourth-order valence-corrected chi connectivity index (χ4v) is 7.03. The van der Waals surface area contributed by atoms with Gasteiger partial charge in [-0.1, -0.05) is 97.1 Å². The molecular formula is C33H39Cl2N3O4S. The van der Waals surface area contributed by atoms with Crippen LogP contribution in [0.25, 0.3) is 0 Å². The maximum Gasteiger partial charge on any atom is 0.243 e. The van der Waals surface area contributed by atoms with Crippen molar-refractivity contribution in [3.63, 3.8) is 0 Å². The Bertz CT molecular complexity index is 1450. The lowest BCUT2D eigenvalue weighted by Crippen LogP contribution is -2.53. The molecule has 7 nitrogen and oxygen atoms in total. The molecule has 0 bridgehead atoms. The van der Waals surface area contributed by atoms with Crippen molar-refractivity contribution in [3.05, 3.63) is 100 Å². The van der Waals surface area contributed by atoms with E-state index < -0.39 is 16.1 Å². The van der Waals surface area contributed by atoms with E-state index in [1.54, 1.807) is 47.4 Å². The Morgan fingerprint density at radius 3 is 2.09 bits per heavy atom. The number of nitrogens with zero attached hydrogens (tertiary/aromatic N) is 2. The van der Waals surface area contributed by atoms with Crippen LogP contribution in [0.3, 0.4) is 0 Å². The number of hydrogen-bond donors (Lipinski definition) is 1. The van der Waals surface area contributed by atoms with Crippen molar-refractivity contribution in [2.75, 3.05) is 17.1 Å². The third-order valence-corrected chi connectivity index (χ3v) is 9.71. The molecule has 1 fully saturated rings. The quantitative estimate of drug-likeness (QED) is 0.227. The highest BCUT2D eigenvalue weighted by atomic mass is 35.5. The summed E-state index contributed by atoms with van der Waals surface area (Å²) in [7, 11) is -3.57. The lowest BCUT2D eigenvalue weighted by atomic mass is 9.94. The summed E-state index contributed by atoms with van der Waals surface area (Å²) in [6.07, 6.45) is 6.85. The Balaban J connectivity index is 1.62. The summed E-state index contributed by atoms with van der Waals surface area (Å²) in [5.74, 6) is -0.494. The van der Waals surface area contributed by atoms with Crippen LogP contribution in [-0.2, 0) is 32.6 Å². The first-order chi connectivity index (χ1) is 20.6. The van der Waals surface area contributed by atoms with Crippen LogP contribution >= 0.6 is 23.2 Å². The highest BCUT2D eigenvalue weighted by Gasteiger charge is 2.32. The van der Waals surface area contributed by atoms with Crippen LogP contribution in [0.1, 0.15) is 56.1 Å². The van der Waals surface area contributed by atoms with Crippen LogP contribution in [0.4, 0.5) is 5.69 Å². The summed E-state index contributed by atoms with van der Waals surface area (Å²) < 4.78 is 26.5. The molecule has 1 aliphatic carbocycles. The molecule has 3 aromatic rings. The Hall–Kier alpha value is -3.07. The minimum absolute atomic E-state index is 0.0307. The summed E-state index contributed by atoms with van der Waals surface area (Å²) in [5, 5.41) is 4.03. The van der Waals surface area contributed by atoms with Crippen molar-refractivity contribution >= 4 is 50.7 Å². The molecule has 2 amide bonds. The Kier molecular flexibility index (Phi) is 11.9. The Labute approximate surface area is 265 Å². The second-order valence-electron chi connectivity index (χ2n) is 11.0. The lowest BCUT2D eigenvalue weighted by molar-refractivity contribution is -0.141. The molecule has 230 valence electrons. The zero-order valence-electron chi connectivity index (χ0n) is 24.4. The first kappa shape index (κ1) is 32.8. The third-order valence-electron chi connectivity index (χ3n) is 7.81. The monoisotopic (exact) mass is 643 g/mol. The molecule has 0 unspecified atom stereocenters. The number of nitrogens with one attached hydrogen (secondary N) is 1. The molecule has 0 heterocycles. The molecule has 0 saturated heterocycles. The van der Waals surface area contributed by atoms with Crippen LogP contribution in [0.15, 0.2) is 78.9 Å². The molecule has 0 aliphatic heterocycles. The van der Waals surface area contributed by atoms with Gasteiger partial charge in [0.25, 0.3) is 0 Å². The van der Waals surface area contributed by atoms with Crippen LogP contribution in [-0.4, -0.2) is 50.0 Å². The number of rotatable bonds is 13. The van der Waals surface area contributed by atoms with Crippen LogP contribution in [0.5, 0.6) is 0 Å². The molecule has 43 heavy (non-hydrogen) atoms. The maximum absolute atomic E-state index is 14.1. The number of hydrogen-bond acceptors (Lipinski definition) is 4. The van der Waals surface area contributed by atoms with E-state index in [-0.39, 0.29) is 43.8 Å². The number of benzene rings is 3. The normalized spacial score (nSPS) is 14.6. The number of carbonyl (C=O) groups is 2. The SMILES string of the molecule is CS(=O)(=O)N(CCCC(=O)N(Cc1c(Cl)cccc1Cl)[C@H](Cc1ccccc1)C(=O)NC1CCCCC1)c1ccccc1. The van der Waals surface area contributed by atoms with Gasteiger partial charge in [-0.25, -0.2) is 8.42 Å². The van der Waals surface area contributed by atoms with Gasteiger partial charge in [0.1, 0.15) is 6.04 Å². The minimum Gasteiger partial charge on any atom is -0.352 e. The fourth-order valence-electron chi connectivity index (χ4n) is 5.55. The molecule has 0 radical (unpaired) electrons. The Morgan fingerprint density at radius 1 is 0.884 bits per heavy atom. The van der Waals surface area contributed by atoms with Gasteiger partial charge in [-0.05, 0) is 49.1 Å². The van der Waals surface area contributed by atoms with Crippen molar-refractivity contribution in [1.29, 1.82) is 0 Å². The lowest BCUT2D eigenvalue weighted by Gasteiger charge is -2.34. The van der Waals surface area contributed by atoms with Gasteiger partial charge in [0.2, 0.25) is 21.8 Å². The molecule has 1 aliphatic rings. The minimum atomic E-state index is -3.57. The maximum atomic E-state index is 14.1. The molecule has 1 saturated carbocycles. The molecule has 10 heteroatoms. The van der Waals surface area contributed by atoms with Gasteiger partial charge in [0.15, 0.2) is 0 Å². The van der Waals surface area contributed by atoms with E-state index in [0.29, 0.717) is 27.7 Å². The molecule has 0 spiro atoms. The average Bonchev–Trinajstić information content (AvgIpc) is 2.99. The first-order valence-electron chi connectivity index (χ1n) is 14.7. The number of halogens is 2. The van der Waals surface area contributed by atoms with Gasteiger partial charge in [-0.3, -0.25) is 13.9 Å². The number of carbonyl (C=O) groups excluding carboxylic acids is 2. The number of para-hydroxylation sites is 1. The smallest absolute Gasteiger partial charge is 0.243 e. The van der Waals surface area contributed by atoms with Gasteiger partial charge >= 0.3 is 0 Å². The average molecular weight is 645 g/mol. The molecule has 3 aromatic carbocycles. The van der Waals surface area contributed by atoms with Crippen molar-refractivity contribution in [3.8, 4) is 0 Å². The zero-order valence-corrected chi connectivity index (χ0v) is 26.8. The Morgan fingerprint density at radius 2 is 1.49 bits per heavy atom. The van der Waals surface area contributed by atoms with Gasteiger partial charge in [0, 0.05) is 47.6 Å². The van der Waals surface area contributed by atoms with Crippen molar-refractivity contribution in [1.82, 2.24) is 10.2 Å². The van der Waals surface area contributed by atoms with E-state index in [9.17, 15) is 18.0 Å². The topological polar surface area (TPSA) is 86.8 Å². The standard InChI is InChI=1S/C33H39Cl2N3O4S/c1-43(41,42)38(27-17-9-4-10-18-27)22-12-21-32(39)37(24-28-29(34)19-11-20-30(28)35)31(23-25-13-5-2-6-14-25)33(40)36-26-15-7-3-8-16-26/h2,4-6,9-11,13-14,17-20,26,31H,3,7-8,12,15-16,21-24H2,1H3,(H,36,40)/t31-/m1/s1. The predicted octanol–water partition coefficient (Wildman–Crippen LogP) is 6.63. The number of sulfonamides is 1. The van der Waals surface area contributed by atoms with E-state index in [4.69, 9.17) is 23.2 Å². The van der Waals surface area contributed by atoms with E-state index in [1.165, 1.54) is 4.31 Å². The van der Waals surface area contributed by atoms with Gasteiger partial charge < -0.3 is 10.2 Å².